The summed E-state index contributed by atoms with van der Waals surface area (Å²) in [4.78, 5) is 23.2. The number of carboxylic acids is 1. The lowest BCUT2D eigenvalue weighted by molar-refractivity contribution is -0.137. The summed E-state index contributed by atoms with van der Waals surface area (Å²) in [6.45, 7) is 3.62. The summed E-state index contributed by atoms with van der Waals surface area (Å²) in [5.41, 5.74) is 0.909. The van der Waals surface area contributed by atoms with Crippen LogP contribution in [-0.2, 0) is 11.3 Å². The SMILES string of the molecule is COc1ccc2c(C(=O)CC(C)C)nn(CC(=O)O)c2c1. The fourth-order valence-electron chi connectivity index (χ4n) is 2.20. The number of fused-ring (bicyclic) bond motifs is 1. The fraction of sp³-hybridized carbons (Fsp3) is 0.400. The highest BCUT2D eigenvalue weighted by Crippen LogP contribution is 2.25. The van der Waals surface area contributed by atoms with Crippen molar-refractivity contribution in [2.75, 3.05) is 7.11 Å². The van der Waals surface area contributed by atoms with Crippen LogP contribution in [0, 0.1) is 5.92 Å². The monoisotopic (exact) mass is 290 g/mol. The van der Waals surface area contributed by atoms with E-state index in [1.807, 2.05) is 13.8 Å². The molecule has 0 saturated heterocycles. The molecule has 1 aromatic heterocycles. The Labute approximate surface area is 122 Å². The molecule has 0 bridgehead atoms. The summed E-state index contributed by atoms with van der Waals surface area (Å²) in [5, 5.41) is 13.8. The van der Waals surface area contributed by atoms with Gasteiger partial charge in [-0.25, -0.2) is 0 Å². The van der Waals surface area contributed by atoms with Gasteiger partial charge in [-0.3, -0.25) is 14.3 Å². The molecular formula is C15H18N2O4. The van der Waals surface area contributed by atoms with E-state index in [0.717, 1.165) is 0 Å². The lowest BCUT2D eigenvalue weighted by atomic mass is 10.0. The minimum atomic E-state index is -1.01. The van der Waals surface area contributed by atoms with Gasteiger partial charge in [0.05, 0.1) is 12.6 Å². The Balaban J connectivity index is 2.55. The molecular weight excluding hydrogens is 272 g/mol. The molecule has 0 atom stereocenters. The van der Waals surface area contributed by atoms with Crippen molar-refractivity contribution < 1.29 is 19.4 Å². The smallest absolute Gasteiger partial charge is 0.325 e. The number of ketones is 1. The molecule has 0 spiro atoms. The van der Waals surface area contributed by atoms with E-state index in [1.165, 1.54) is 11.8 Å². The average Bonchev–Trinajstić information content (AvgIpc) is 2.75. The Kier molecular flexibility index (Phi) is 4.26. The maximum Gasteiger partial charge on any atom is 0.325 e. The molecule has 0 aliphatic heterocycles. The number of carbonyl (C=O) groups is 2. The van der Waals surface area contributed by atoms with Gasteiger partial charge in [-0.2, -0.15) is 5.10 Å². The first-order valence-corrected chi connectivity index (χ1v) is 6.72. The van der Waals surface area contributed by atoms with Crippen molar-refractivity contribution in [3.05, 3.63) is 23.9 Å². The van der Waals surface area contributed by atoms with E-state index >= 15 is 0 Å². The Morgan fingerprint density at radius 3 is 2.67 bits per heavy atom. The Bertz CT molecular complexity index is 688. The molecule has 1 heterocycles. The van der Waals surface area contributed by atoms with Crippen LogP contribution in [0.1, 0.15) is 30.8 Å². The van der Waals surface area contributed by atoms with Gasteiger partial charge in [-0.1, -0.05) is 13.8 Å². The highest BCUT2D eigenvalue weighted by Gasteiger charge is 2.19. The van der Waals surface area contributed by atoms with Gasteiger partial charge in [0.2, 0.25) is 0 Å². The van der Waals surface area contributed by atoms with Crippen LogP contribution < -0.4 is 4.74 Å². The van der Waals surface area contributed by atoms with Crippen LogP contribution in [0.5, 0.6) is 5.75 Å². The average molecular weight is 290 g/mol. The van der Waals surface area contributed by atoms with Gasteiger partial charge in [0, 0.05) is 17.9 Å². The van der Waals surface area contributed by atoms with Crippen molar-refractivity contribution in [2.24, 2.45) is 5.92 Å². The normalized spacial score (nSPS) is 11.0. The predicted octanol–water partition coefficient (Wildman–Crippen LogP) is 2.36. The number of aromatic nitrogens is 2. The molecule has 6 heteroatoms. The number of hydrogen-bond donors (Lipinski definition) is 1. The van der Waals surface area contributed by atoms with Crippen LogP contribution >= 0.6 is 0 Å². The predicted molar refractivity (Wildman–Crippen MR) is 77.7 cm³/mol. The van der Waals surface area contributed by atoms with E-state index in [9.17, 15) is 9.59 Å². The van der Waals surface area contributed by atoms with Crippen molar-refractivity contribution in [1.82, 2.24) is 9.78 Å². The number of methoxy groups -OCH3 is 1. The van der Waals surface area contributed by atoms with Crippen molar-refractivity contribution in [1.29, 1.82) is 0 Å². The first-order chi connectivity index (χ1) is 9.92. The van der Waals surface area contributed by atoms with Gasteiger partial charge in [-0.05, 0) is 18.1 Å². The van der Waals surface area contributed by atoms with E-state index in [-0.39, 0.29) is 18.2 Å². The van der Waals surface area contributed by atoms with Crippen LogP contribution in [0.25, 0.3) is 10.9 Å². The molecule has 0 unspecified atom stereocenters. The second-order valence-electron chi connectivity index (χ2n) is 5.30. The maximum absolute atomic E-state index is 12.3. The Hall–Kier alpha value is -2.37. The van der Waals surface area contributed by atoms with Crippen molar-refractivity contribution in [2.45, 2.75) is 26.8 Å². The minimum absolute atomic E-state index is 0.0793. The molecule has 1 N–H and O–H groups in total. The molecule has 2 rings (SSSR count). The Morgan fingerprint density at radius 2 is 2.10 bits per heavy atom. The number of carboxylic acid groups (broad SMARTS) is 1. The third kappa shape index (κ3) is 3.21. The number of benzene rings is 1. The summed E-state index contributed by atoms with van der Waals surface area (Å²) in [6.07, 6.45) is 0.380. The number of hydrogen-bond acceptors (Lipinski definition) is 4. The van der Waals surface area contributed by atoms with Crippen molar-refractivity contribution in [3.63, 3.8) is 0 Å². The standard InChI is InChI=1S/C15H18N2O4/c1-9(2)6-13(18)15-11-5-4-10(21-3)7-12(11)17(16-15)8-14(19)20/h4-5,7,9H,6,8H2,1-3H3,(H,19,20). The van der Waals surface area contributed by atoms with E-state index < -0.39 is 5.97 Å². The van der Waals surface area contributed by atoms with Crippen LogP contribution in [-0.4, -0.2) is 33.7 Å². The molecule has 0 radical (unpaired) electrons. The zero-order chi connectivity index (χ0) is 15.6. The molecule has 0 aliphatic rings. The highest BCUT2D eigenvalue weighted by molar-refractivity contribution is 6.06. The molecule has 0 fully saturated rings. The molecule has 112 valence electrons. The summed E-state index contributed by atoms with van der Waals surface area (Å²) in [6, 6.07) is 5.17. The Morgan fingerprint density at radius 1 is 1.38 bits per heavy atom. The van der Waals surface area contributed by atoms with Gasteiger partial charge in [-0.15, -0.1) is 0 Å². The first kappa shape index (κ1) is 15.0. The van der Waals surface area contributed by atoms with E-state index in [4.69, 9.17) is 9.84 Å². The van der Waals surface area contributed by atoms with E-state index in [1.54, 1.807) is 18.2 Å². The van der Waals surface area contributed by atoms with Gasteiger partial charge in [0.25, 0.3) is 0 Å². The van der Waals surface area contributed by atoms with Gasteiger partial charge >= 0.3 is 5.97 Å². The third-order valence-corrected chi connectivity index (χ3v) is 3.10. The lowest BCUT2D eigenvalue weighted by Crippen LogP contribution is -2.11. The molecule has 1 aromatic carbocycles. The number of nitrogens with zero attached hydrogens (tertiary/aromatic N) is 2. The van der Waals surface area contributed by atoms with Crippen molar-refractivity contribution in [3.8, 4) is 5.75 Å². The van der Waals surface area contributed by atoms with Crippen LogP contribution in [0.3, 0.4) is 0 Å². The van der Waals surface area contributed by atoms with Gasteiger partial charge in [0.1, 0.15) is 18.0 Å². The number of rotatable bonds is 6. The zero-order valence-corrected chi connectivity index (χ0v) is 12.3. The minimum Gasteiger partial charge on any atom is -0.497 e. The third-order valence-electron chi connectivity index (χ3n) is 3.10. The fourth-order valence-corrected chi connectivity index (χ4v) is 2.20. The molecule has 2 aromatic rings. The zero-order valence-electron chi connectivity index (χ0n) is 12.3. The number of aliphatic carboxylic acids is 1. The van der Waals surface area contributed by atoms with Crippen LogP contribution in [0.2, 0.25) is 0 Å². The largest absolute Gasteiger partial charge is 0.497 e. The van der Waals surface area contributed by atoms with Gasteiger partial charge < -0.3 is 9.84 Å². The quantitative estimate of drug-likeness (QED) is 0.826. The first-order valence-electron chi connectivity index (χ1n) is 6.72. The number of ether oxygens (including phenoxy) is 1. The van der Waals surface area contributed by atoms with E-state index in [0.29, 0.717) is 28.8 Å². The van der Waals surface area contributed by atoms with Crippen LogP contribution in [0.15, 0.2) is 18.2 Å². The summed E-state index contributed by atoms with van der Waals surface area (Å²) in [7, 11) is 1.53. The molecule has 21 heavy (non-hydrogen) atoms. The lowest BCUT2D eigenvalue weighted by Gasteiger charge is -2.02. The molecule has 6 nitrogen and oxygen atoms in total. The van der Waals surface area contributed by atoms with Gasteiger partial charge in [0.15, 0.2) is 5.78 Å². The molecule has 0 aliphatic carbocycles. The molecule has 0 amide bonds. The highest BCUT2D eigenvalue weighted by atomic mass is 16.5. The van der Waals surface area contributed by atoms with E-state index in [2.05, 4.69) is 5.10 Å². The topological polar surface area (TPSA) is 81.4 Å². The second-order valence-corrected chi connectivity index (χ2v) is 5.30. The molecule has 0 saturated carbocycles. The maximum atomic E-state index is 12.3. The number of carbonyl (C=O) groups excluding carboxylic acids is 1. The summed E-state index contributed by atoms with van der Waals surface area (Å²) >= 11 is 0. The summed E-state index contributed by atoms with van der Waals surface area (Å²) in [5.74, 6) is -0.276. The summed E-state index contributed by atoms with van der Waals surface area (Å²) < 4.78 is 6.47. The number of Topliss-reactive ketones (excluding diaryl/α,β-unsaturated/α-hetero) is 1. The van der Waals surface area contributed by atoms with Crippen LogP contribution in [0.4, 0.5) is 0 Å². The second kappa shape index (κ2) is 5.95. The van der Waals surface area contributed by atoms with Crippen molar-refractivity contribution >= 4 is 22.7 Å².